The SMILES string of the molecule is NC(=O)O[C@H]1C(=O)N[C@@H]2COC[C@H]21. The Morgan fingerprint density at radius 1 is 1.62 bits per heavy atom. The van der Waals surface area contributed by atoms with Gasteiger partial charge in [-0.15, -0.1) is 0 Å². The molecule has 3 N–H and O–H groups in total. The second-order valence-corrected chi connectivity index (χ2v) is 3.17. The average molecular weight is 186 g/mol. The number of hydrogen-bond acceptors (Lipinski definition) is 4. The standard InChI is InChI=1S/C7H10N2O4/c8-7(11)13-5-3-1-12-2-4(3)9-6(5)10/h3-5H,1-2H2,(H2,8,11)(H,9,10)/t3-,4-,5-/m1/s1. The van der Waals surface area contributed by atoms with Gasteiger partial charge in [0.15, 0.2) is 6.10 Å². The second kappa shape index (κ2) is 2.88. The first-order valence-corrected chi connectivity index (χ1v) is 4.02. The molecule has 2 fully saturated rings. The molecule has 3 atom stereocenters. The number of primary amides is 1. The summed E-state index contributed by atoms with van der Waals surface area (Å²) in [6, 6.07) is -0.0307. The van der Waals surface area contributed by atoms with Crippen molar-refractivity contribution in [2.24, 2.45) is 11.7 Å². The Labute approximate surface area is 74.4 Å². The number of ether oxygens (including phenoxy) is 2. The van der Waals surface area contributed by atoms with Gasteiger partial charge in [-0.1, -0.05) is 0 Å². The van der Waals surface area contributed by atoms with Crippen molar-refractivity contribution in [1.29, 1.82) is 0 Å². The summed E-state index contributed by atoms with van der Waals surface area (Å²) in [7, 11) is 0. The molecule has 2 aliphatic rings. The molecule has 0 bridgehead atoms. The molecule has 72 valence electrons. The molecule has 0 unspecified atom stereocenters. The number of hydrogen-bond donors (Lipinski definition) is 2. The quantitative estimate of drug-likeness (QED) is 0.526. The van der Waals surface area contributed by atoms with Crippen molar-refractivity contribution in [3.05, 3.63) is 0 Å². The summed E-state index contributed by atoms with van der Waals surface area (Å²) < 4.78 is 9.81. The van der Waals surface area contributed by atoms with Crippen molar-refractivity contribution in [2.45, 2.75) is 12.1 Å². The lowest BCUT2D eigenvalue weighted by Crippen LogP contribution is -2.34. The van der Waals surface area contributed by atoms with Crippen molar-refractivity contribution in [2.75, 3.05) is 13.2 Å². The Morgan fingerprint density at radius 3 is 3.08 bits per heavy atom. The molecule has 0 aliphatic carbocycles. The normalized spacial score (nSPS) is 36.9. The van der Waals surface area contributed by atoms with Crippen molar-refractivity contribution in [1.82, 2.24) is 5.32 Å². The average Bonchev–Trinajstić information content (AvgIpc) is 2.55. The van der Waals surface area contributed by atoms with Crippen molar-refractivity contribution in [3.8, 4) is 0 Å². The van der Waals surface area contributed by atoms with Crippen molar-refractivity contribution in [3.63, 3.8) is 0 Å². The molecule has 0 spiro atoms. The number of carbonyl (C=O) groups excluding carboxylic acids is 2. The number of nitrogens with two attached hydrogens (primary N) is 1. The number of carbonyl (C=O) groups is 2. The minimum atomic E-state index is -0.923. The maximum Gasteiger partial charge on any atom is 0.405 e. The zero-order chi connectivity index (χ0) is 9.42. The van der Waals surface area contributed by atoms with Gasteiger partial charge >= 0.3 is 6.09 Å². The number of nitrogens with one attached hydrogen (secondary N) is 1. The van der Waals surface area contributed by atoms with E-state index < -0.39 is 12.2 Å². The molecule has 2 heterocycles. The van der Waals surface area contributed by atoms with Crippen LogP contribution in [0.5, 0.6) is 0 Å². The van der Waals surface area contributed by atoms with Crippen LogP contribution in [0.15, 0.2) is 0 Å². The van der Waals surface area contributed by atoms with E-state index in [2.05, 4.69) is 10.1 Å². The zero-order valence-electron chi connectivity index (χ0n) is 6.86. The fraction of sp³-hybridized carbons (Fsp3) is 0.714. The molecule has 2 saturated heterocycles. The third-order valence-electron chi connectivity index (χ3n) is 2.34. The highest BCUT2D eigenvalue weighted by molar-refractivity contribution is 5.86. The van der Waals surface area contributed by atoms with Crippen LogP contribution in [-0.4, -0.2) is 37.4 Å². The maximum atomic E-state index is 11.2. The van der Waals surface area contributed by atoms with Gasteiger partial charge in [-0.3, -0.25) is 4.79 Å². The van der Waals surface area contributed by atoms with Gasteiger partial charge in [0.25, 0.3) is 5.91 Å². The Morgan fingerprint density at radius 2 is 2.38 bits per heavy atom. The molecule has 2 amide bonds. The van der Waals surface area contributed by atoms with Crippen LogP contribution in [0.2, 0.25) is 0 Å². The Bertz CT molecular complexity index is 255. The fourth-order valence-corrected chi connectivity index (χ4v) is 1.74. The molecular weight excluding hydrogens is 176 g/mol. The van der Waals surface area contributed by atoms with Gasteiger partial charge in [0.05, 0.1) is 25.2 Å². The van der Waals surface area contributed by atoms with Crippen LogP contribution in [0.3, 0.4) is 0 Å². The molecule has 0 aromatic rings. The summed E-state index contributed by atoms with van der Waals surface area (Å²) in [6.07, 6.45) is -1.70. The summed E-state index contributed by atoms with van der Waals surface area (Å²) in [5.41, 5.74) is 4.84. The molecule has 13 heavy (non-hydrogen) atoms. The molecule has 2 aliphatic heterocycles. The third kappa shape index (κ3) is 1.33. The smallest absolute Gasteiger partial charge is 0.405 e. The van der Waals surface area contributed by atoms with E-state index in [1.54, 1.807) is 0 Å². The summed E-state index contributed by atoms with van der Waals surface area (Å²) in [5.74, 6) is -0.364. The zero-order valence-corrected chi connectivity index (χ0v) is 6.86. The molecule has 0 aromatic heterocycles. The maximum absolute atomic E-state index is 11.2. The fourth-order valence-electron chi connectivity index (χ4n) is 1.74. The predicted molar refractivity (Wildman–Crippen MR) is 40.7 cm³/mol. The monoisotopic (exact) mass is 186 g/mol. The summed E-state index contributed by atoms with van der Waals surface area (Å²) >= 11 is 0. The summed E-state index contributed by atoms with van der Waals surface area (Å²) in [4.78, 5) is 21.7. The number of amides is 2. The highest BCUT2D eigenvalue weighted by Crippen LogP contribution is 2.25. The van der Waals surface area contributed by atoms with Crippen molar-refractivity contribution >= 4 is 12.0 Å². The first-order chi connectivity index (χ1) is 6.18. The molecule has 0 saturated carbocycles. The summed E-state index contributed by atoms with van der Waals surface area (Å²) in [6.45, 7) is 0.913. The van der Waals surface area contributed by atoms with E-state index in [0.717, 1.165) is 0 Å². The minimum absolute atomic E-state index is 0.0307. The Hall–Kier alpha value is -1.30. The van der Waals surface area contributed by atoms with Gasteiger partial charge in [-0.25, -0.2) is 4.79 Å². The van der Waals surface area contributed by atoms with E-state index in [9.17, 15) is 9.59 Å². The molecule has 6 heteroatoms. The highest BCUT2D eigenvalue weighted by atomic mass is 16.6. The van der Waals surface area contributed by atoms with Gasteiger partial charge in [0.1, 0.15) is 0 Å². The van der Waals surface area contributed by atoms with Gasteiger partial charge in [0.2, 0.25) is 0 Å². The van der Waals surface area contributed by atoms with E-state index in [4.69, 9.17) is 10.5 Å². The van der Waals surface area contributed by atoms with Crippen molar-refractivity contribution < 1.29 is 19.1 Å². The van der Waals surface area contributed by atoms with E-state index in [0.29, 0.717) is 13.2 Å². The molecular formula is C7H10N2O4. The van der Waals surface area contributed by atoms with E-state index in [1.807, 2.05) is 0 Å². The minimum Gasteiger partial charge on any atom is -0.436 e. The van der Waals surface area contributed by atoms with Gasteiger partial charge in [-0.2, -0.15) is 0 Å². The van der Waals surface area contributed by atoms with Gasteiger partial charge in [0, 0.05) is 0 Å². The van der Waals surface area contributed by atoms with Gasteiger partial charge < -0.3 is 20.5 Å². The third-order valence-corrected chi connectivity index (χ3v) is 2.34. The topological polar surface area (TPSA) is 90.7 Å². The lowest BCUT2D eigenvalue weighted by molar-refractivity contribution is -0.128. The molecule has 6 nitrogen and oxygen atoms in total. The van der Waals surface area contributed by atoms with E-state index >= 15 is 0 Å². The lowest BCUT2D eigenvalue weighted by Gasteiger charge is -2.12. The highest BCUT2D eigenvalue weighted by Gasteiger charge is 2.47. The van der Waals surface area contributed by atoms with Crippen LogP contribution < -0.4 is 11.1 Å². The Kier molecular flexibility index (Phi) is 1.84. The number of fused-ring (bicyclic) bond motifs is 1. The summed E-state index contributed by atoms with van der Waals surface area (Å²) in [5, 5.41) is 2.67. The molecule has 0 aromatic carbocycles. The predicted octanol–water partition coefficient (Wildman–Crippen LogP) is -1.40. The lowest BCUT2D eigenvalue weighted by atomic mass is 10.0. The largest absolute Gasteiger partial charge is 0.436 e. The van der Waals surface area contributed by atoms with Crippen LogP contribution in [0, 0.1) is 5.92 Å². The van der Waals surface area contributed by atoms with Crippen LogP contribution in [0.25, 0.3) is 0 Å². The van der Waals surface area contributed by atoms with Crippen LogP contribution in [0.1, 0.15) is 0 Å². The van der Waals surface area contributed by atoms with Crippen LogP contribution >= 0.6 is 0 Å². The van der Waals surface area contributed by atoms with E-state index in [-0.39, 0.29) is 17.9 Å². The van der Waals surface area contributed by atoms with E-state index in [1.165, 1.54) is 0 Å². The number of rotatable bonds is 1. The first-order valence-electron chi connectivity index (χ1n) is 4.02. The van der Waals surface area contributed by atoms with Crippen LogP contribution in [-0.2, 0) is 14.3 Å². The van der Waals surface area contributed by atoms with Gasteiger partial charge in [-0.05, 0) is 0 Å². The Balaban J connectivity index is 2.08. The molecule has 0 radical (unpaired) electrons. The second-order valence-electron chi connectivity index (χ2n) is 3.17. The molecule has 2 rings (SSSR count). The van der Waals surface area contributed by atoms with Crippen LogP contribution in [0.4, 0.5) is 4.79 Å². The first kappa shape index (κ1) is 8.31.